The molecule has 0 aliphatic carbocycles. The van der Waals surface area contributed by atoms with Crippen molar-refractivity contribution in [2.75, 3.05) is 0 Å². The Hall–Kier alpha value is -0.303. The van der Waals surface area contributed by atoms with Crippen LogP contribution in [0.25, 0.3) is 0 Å². The molecule has 0 saturated heterocycles. The van der Waals surface area contributed by atoms with Gasteiger partial charge in [0.05, 0.1) is 8.80 Å². The van der Waals surface area contributed by atoms with Crippen molar-refractivity contribution in [3.05, 3.63) is 25.3 Å². The van der Waals surface area contributed by atoms with Gasteiger partial charge in [-0.1, -0.05) is 25.2 Å². The van der Waals surface area contributed by atoms with Gasteiger partial charge in [0.2, 0.25) is 0 Å². The van der Waals surface area contributed by atoms with Gasteiger partial charge in [-0.2, -0.15) is 0 Å². The standard InChI is InChI=1S/C7H13Si/c1-5-7(6-2)8(3)4/h5-7H,1-2H2,3-4H3. The van der Waals surface area contributed by atoms with Crippen LogP contribution in [0.3, 0.4) is 0 Å². The third kappa shape index (κ3) is 2.12. The van der Waals surface area contributed by atoms with E-state index in [0.717, 1.165) is 0 Å². The lowest BCUT2D eigenvalue weighted by Gasteiger charge is -2.07. The van der Waals surface area contributed by atoms with Gasteiger partial charge < -0.3 is 0 Å². The van der Waals surface area contributed by atoms with Crippen molar-refractivity contribution >= 4 is 8.80 Å². The van der Waals surface area contributed by atoms with Crippen LogP contribution < -0.4 is 0 Å². The van der Waals surface area contributed by atoms with Crippen molar-refractivity contribution < 1.29 is 0 Å². The molecule has 0 amide bonds. The Labute approximate surface area is 53.5 Å². The third-order valence-corrected chi connectivity index (χ3v) is 2.98. The molecule has 0 unspecified atom stereocenters. The maximum absolute atomic E-state index is 3.71. The Morgan fingerprint density at radius 1 is 1.25 bits per heavy atom. The number of allylic oxidation sites excluding steroid dienone is 2. The first-order chi connectivity index (χ1) is 3.72. The Bertz CT molecular complexity index is 76.4. The minimum atomic E-state index is -0.211. The van der Waals surface area contributed by atoms with Gasteiger partial charge in [-0.3, -0.25) is 0 Å². The summed E-state index contributed by atoms with van der Waals surface area (Å²) in [7, 11) is -0.211. The molecule has 0 aromatic heterocycles. The van der Waals surface area contributed by atoms with E-state index in [4.69, 9.17) is 0 Å². The van der Waals surface area contributed by atoms with E-state index in [1.165, 1.54) is 0 Å². The molecular formula is C7H13Si. The van der Waals surface area contributed by atoms with Gasteiger partial charge in [-0.05, 0) is 5.54 Å². The Balaban J connectivity index is 3.68. The molecule has 1 heteroatoms. The fourth-order valence-corrected chi connectivity index (χ4v) is 1.51. The molecule has 0 atom stereocenters. The summed E-state index contributed by atoms with van der Waals surface area (Å²) < 4.78 is 0. The van der Waals surface area contributed by atoms with E-state index in [1.54, 1.807) is 0 Å². The first-order valence-electron chi connectivity index (χ1n) is 2.77. The molecule has 0 aromatic carbocycles. The highest BCUT2D eigenvalue weighted by Crippen LogP contribution is 2.10. The molecule has 0 saturated carbocycles. The van der Waals surface area contributed by atoms with Crippen LogP contribution in [-0.4, -0.2) is 8.80 Å². The lowest BCUT2D eigenvalue weighted by Crippen LogP contribution is -2.05. The molecule has 0 spiro atoms. The lowest BCUT2D eigenvalue weighted by molar-refractivity contribution is 1.33. The smallest absolute Gasteiger partial charge is 0.0539 e. The van der Waals surface area contributed by atoms with Crippen LogP contribution >= 0.6 is 0 Å². The van der Waals surface area contributed by atoms with Gasteiger partial charge >= 0.3 is 0 Å². The van der Waals surface area contributed by atoms with Crippen LogP contribution in [0.15, 0.2) is 25.3 Å². The molecule has 45 valence electrons. The first-order valence-corrected chi connectivity index (χ1v) is 5.35. The normalized spacial score (nSPS) is 10.0. The Morgan fingerprint density at radius 3 is 1.62 bits per heavy atom. The van der Waals surface area contributed by atoms with Gasteiger partial charge in [-0.15, -0.1) is 13.2 Å². The van der Waals surface area contributed by atoms with Crippen molar-refractivity contribution in [2.45, 2.75) is 18.6 Å². The molecule has 0 aliphatic heterocycles. The molecule has 0 nitrogen and oxygen atoms in total. The van der Waals surface area contributed by atoms with Gasteiger partial charge in [0.1, 0.15) is 0 Å². The monoisotopic (exact) mass is 125 g/mol. The Kier molecular flexibility index (Phi) is 3.53. The average molecular weight is 125 g/mol. The van der Waals surface area contributed by atoms with Crippen LogP contribution in [0.5, 0.6) is 0 Å². The van der Waals surface area contributed by atoms with E-state index in [0.29, 0.717) is 5.54 Å². The summed E-state index contributed by atoms with van der Waals surface area (Å²) in [5, 5.41) is 0. The highest BCUT2D eigenvalue weighted by atomic mass is 28.3. The molecule has 0 heterocycles. The van der Waals surface area contributed by atoms with E-state index in [9.17, 15) is 0 Å². The molecule has 8 heavy (non-hydrogen) atoms. The van der Waals surface area contributed by atoms with Gasteiger partial charge in [0, 0.05) is 0 Å². The lowest BCUT2D eigenvalue weighted by atomic mass is 10.4. The third-order valence-electron chi connectivity index (χ3n) is 1.17. The predicted molar refractivity (Wildman–Crippen MR) is 41.6 cm³/mol. The second-order valence-corrected chi connectivity index (χ2v) is 4.90. The average Bonchev–Trinajstić information content (AvgIpc) is 1.69. The molecule has 0 fully saturated rings. The summed E-state index contributed by atoms with van der Waals surface area (Å²) in [6, 6.07) is 0. The van der Waals surface area contributed by atoms with Crippen molar-refractivity contribution in [1.82, 2.24) is 0 Å². The number of rotatable bonds is 3. The topological polar surface area (TPSA) is 0 Å². The molecular weight excluding hydrogens is 112 g/mol. The van der Waals surface area contributed by atoms with E-state index in [-0.39, 0.29) is 8.80 Å². The summed E-state index contributed by atoms with van der Waals surface area (Å²) in [4.78, 5) is 0. The molecule has 0 N–H and O–H groups in total. The van der Waals surface area contributed by atoms with Crippen LogP contribution in [0.1, 0.15) is 0 Å². The van der Waals surface area contributed by atoms with Crippen LogP contribution in [0.2, 0.25) is 18.6 Å². The maximum Gasteiger partial charge on any atom is 0.0539 e. The highest BCUT2D eigenvalue weighted by Gasteiger charge is 2.03. The summed E-state index contributed by atoms with van der Waals surface area (Å²) in [5.41, 5.74) is 0.583. The molecule has 0 aliphatic rings. The van der Waals surface area contributed by atoms with Crippen molar-refractivity contribution in [3.8, 4) is 0 Å². The first kappa shape index (κ1) is 7.70. The SMILES string of the molecule is C=CC(C=C)[Si](C)C. The van der Waals surface area contributed by atoms with E-state index in [2.05, 4.69) is 26.3 Å². The highest BCUT2D eigenvalue weighted by molar-refractivity contribution is 6.58. The zero-order valence-corrected chi connectivity index (χ0v) is 6.65. The molecule has 0 aromatic rings. The zero-order valence-electron chi connectivity index (χ0n) is 5.65. The minimum absolute atomic E-state index is 0.211. The molecule has 0 rings (SSSR count). The molecule has 1 radical (unpaired) electrons. The molecule has 0 bridgehead atoms. The summed E-state index contributed by atoms with van der Waals surface area (Å²) in [5.74, 6) is 0. The maximum atomic E-state index is 3.71. The van der Waals surface area contributed by atoms with Crippen LogP contribution in [-0.2, 0) is 0 Å². The van der Waals surface area contributed by atoms with Crippen LogP contribution in [0.4, 0.5) is 0 Å². The van der Waals surface area contributed by atoms with E-state index < -0.39 is 0 Å². The largest absolute Gasteiger partial charge is 0.103 e. The van der Waals surface area contributed by atoms with Crippen molar-refractivity contribution in [3.63, 3.8) is 0 Å². The fourth-order valence-electron chi connectivity index (χ4n) is 0.568. The second kappa shape index (κ2) is 3.67. The Morgan fingerprint density at radius 2 is 1.62 bits per heavy atom. The zero-order chi connectivity index (χ0) is 6.57. The van der Waals surface area contributed by atoms with Gasteiger partial charge in [0.25, 0.3) is 0 Å². The quantitative estimate of drug-likeness (QED) is 0.401. The number of hydrogen-bond donors (Lipinski definition) is 0. The predicted octanol–water partition coefficient (Wildman–Crippen LogP) is 2.48. The summed E-state index contributed by atoms with van der Waals surface area (Å²) in [6.45, 7) is 11.9. The fraction of sp³-hybridized carbons (Fsp3) is 0.429. The number of hydrogen-bond acceptors (Lipinski definition) is 0. The van der Waals surface area contributed by atoms with Crippen LogP contribution in [0, 0.1) is 0 Å². The van der Waals surface area contributed by atoms with Gasteiger partial charge in [-0.25, -0.2) is 0 Å². The minimum Gasteiger partial charge on any atom is -0.103 e. The van der Waals surface area contributed by atoms with E-state index >= 15 is 0 Å². The van der Waals surface area contributed by atoms with E-state index in [1.807, 2.05) is 12.2 Å². The van der Waals surface area contributed by atoms with Crippen molar-refractivity contribution in [2.24, 2.45) is 0 Å². The summed E-state index contributed by atoms with van der Waals surface area (Å²) >= 11 is 0. The van der Waals surface area contributed by atoms with Crippen molar-refractivity contribution in [1.29, 1.82) is 0 Å². The second-order valence-electron chi connectivity index (χ2n) is 2.07. The van der Waals surface area contributed by atoms with Gasteiger partial charge in [0.15, 0.2) is 0 Å². The summed E-state index contributed by atoms with van der Waals surface area (Å²) in [6.07, 6.45) is 3.95.